The van der Waals surface area contributed by atoms with E-state index in [1.54, 1.807) is 12.1 Å². The molecule has 8 heteroatoms. The molecule has 1 aliphatic heterocycles. The molecule has 0 saturated carbocycles. The third-order valence-electron chi connectivity index (χ3n) is 2.88. The van der Waals surface area contributed by atoms with Gasteiger partial charge < -0.3 is 15.8 Å². The number of carbonyl (C=O) groups is 2. The smallest absolute Gasteiger partial charge is 0.471 e. The molecule has 108 valence electrons. The number of benzene rings is 1. The molecule has 3 N–H and O–H groups in total. The molecule has 0 saturated heterocycles. The Bertz CT molecular complexity index is 557. The van der Waals surface area contributed by atoms with Crippen molar-refractivity contribution in [2.45, 2.75) is 18.6 Å². The number of carbonyl (C=O) groups excluding carboxylic acids is 2. The maximum absolute atomic E-state index is 12.2. The van der Waals surface area contributed by atoms with E-state index in [4.69, 9.17) is 10.5 Å². The van der Waals surface area contributed by atoms with Crippen LogP contribution in [0.2, 0.25) is 0 Å². The van der Waals surface area contributed by atoms with Crippen LogP contribution in [0.4, 0.5) is 13.2 Å². The van der Waals surface area contributed by atoms with Crippen molar-refractivity contribution in [2.24, 2.45) is 5.73 Å². The number of hydrogen-bond acceptors (Lipinski definition) is 3. The van der Waals surface area contributed by atoms with Crippen molar-refractivity contribution < 1.29 is 27.5 Å². The average molecular weight is 288 g/mol. The van der Waals surface area contributed by atoms with E-state index in [0.29, 0.717) is 11.3 Å². The monoisotopic (exact) mass is 288 g/mol. The summed E-state index contributed by atoms with van der Waals surface area (Å²) in [6, 6.07) is 3.74. The molecule has 0 bridgehead atoms. The third kappa shape index (κ3) is 2.84. The molecule has 1 atom stereocenters. The van der Waals surface area contributed by atoms with Crippen molar-refractivity contribution in [3.63, 3.8) is 0 Å². The van der Waals surface area contributed by atoms with Crippen LogP contribution in [-0.4, -0.2) is 30.6 Å². The minimum atomic E-state index is -4.95. The highest BCUT2D eigenvalue weighted by Gasteiger charge is 2.40. The SMILES string of the molecule is NC(=O)c1cccc2c1C[C@@H](NC(=O)C(F)(F)F)CO2. The molecule has 1 aromatic rings. The van der Waals surface area contributed by atoms with Gasteiger partial charge >= 0.3 is 12.1 Å². The van der Waals surface area contributed by atoms with Gasteiger partial charge in [-0.2, -0.15) is 13.2 Å². The summed E-state index contributed by atoms with van der Waals surface area (Å²) in [4.78, 5) is 22.1. The minimum absolute atomic E-state index is 0.0519. The van der Waals surface area contributed by atoms with Crippen molar-refractivity contribution in [1.82, 2.24) is 5.32 Å². The van der Waals surface area contributed by atoms with Gasteiger partial charge in [-0.25, -0.2) is 0 Å². The van der Waals surface area contributed by atoms with Crippen LogP contribution in [0.15, 0.2) is 18.2 Å². The van der Waals surface area contributed by atoms with Crippen LogP contribution in [0.5, 0.6) is 5.75 Å². The summed E-state index contributed by atoms with van der Waals surface area (Å²) in [5.74, 6) is -2.35. The van der Waals surface area contributed by atoms with Crippen LogP contribution >= 0.6 is 0 Å². The molecule has 1 heterocycles. The van der Waals surface area contributed by atoms with Gasteiger partial charge in [0.25, 0.3) is 0 Å². The molecule has 0 aromatic heterocycles. The maximum atomic E-state index is 12.2. The lowest BCUT2D eigenvalue weighted by molar-refractivity contribution is -0.174. The summed E-state index contributed by atoms with van der Waals surface area (Å²) in [6.07, 6.45) is -4.90. The first-order valence-electron chi connectivity index (χ1n) is 5.71. The van der Waals surface area contributed by atoms with Gasteiger partial charge in [0.1, 0.15) is 12.4 Å². The third-order valence-corrected chi connectivity index (χ3v) is 2.88. The Kier molecular flexibility index (Phi) is 3.56. The van der Waals surface area contributed by atoms with Crippen LogP contribution in [0.1, 0.15) is 15.9 Å². The van der Waals surface area contributed by atoms with E-state index in [1.165, 1.54) is 6.07 Å². The van der Waals surface area contributed by atoms with Crippen molar-refractivity contribution in [3.8, 4) is 5.75 Å². The lowest BCUT2D eigenvalue weighted by atomic mass is 9.97. The average Bonchev–Trinajstić information content (AvgIpc) is 2.36. The Morgan fingerprint density at radius 3 is 2.65 bits per heavy atom. The minimum Gasteiger partial charge on any atom is -0.491 e. The number of ether oxygens (including phenoxy) is 1. The second-order valence-corrected chi connectivity index (χ2v) is 4.33. The first-order valence-corrected chi connectivity index (χ1v) is 5.71. The highest BCUT2D eigenvalue weighted by molar-refractivity contribution is 5.95. The van der Waals surface area contributed by atoms with E-state index < -0.39 is 24.0 Å². The Hall–Kier alpha value is -2.25. The molecule has 2 rings (SSSR count). The molecule has 0 aliphatic carbocycles. The molecule has 20 heavy (non-hydrogen) atoms. The van der Waals surface area contributed by atoms with Crippen LogP contribution in [0, 0.1) is 0 Å². The fraction of sp³-hybridized carbons (Fsp3) is 0.333. The molecule has 0 radical (unpaired) electrons. The summed E-state index contributed by atoms with van der Waals surface area (Å²) in [6.45, 7) is -0.100. The standard InChI is InChI=1S/C12H11F3N2O3/c13-12(14,15)11(19)17-6-4-8-7(10(16)18)2-1-3-9(8)20-5-6/h1-3,6H,4-5H2,(H2,16,18)(H,17,19)/t6-/m1/s1. The van der Waals surface area contributed by atoms with Gasteiger partial charge in [0.05, 0.1) is 6.04 Å². The van der Waals surface area contributed by atoms with Crippen molar-refractivity contribution in [1.29, 1.82) is 0 Å². The van der Waals surface area contributed by atoms with Crippen molar-refractivity contribution >= 4 is 11.8 Å². The second kappa shape index (κ2) is 5.03. The van der Waals surface area contributed by atoms with Crippen LogP contribution < -0.4 is 15.8 Å². The molecule has 1 aliphatic rings. The number of nitrogens with one attached hydrogen (secondary N) is 1. The summed E-state index contributed by atoms with van der Waals surface area (Å²) in [5, 5.41) is 1.82. The number of hydrogen-bond donors (Lipinski definition) is 2. The fourth-order valence-electron chi connectivity index (χ4n) is 2.00. The summed E-state index contributed by atoms with van der Waals surface area (Å²) >= 11 is 0. The molecule has 0 unspecified atom stereocenters. The Labute approximate surface area is 111 Å². The van der Waals surface area contributed by atoms with Crippen molar-refractivity contribution in [2.75, 3.05) is 6.61 Å². The van der Waals surface area contributed by atoms with Crippen LogP contribution in [0.25, 0.3) is 0 Å². The van der Waals surface area contributed by atoms with Crippen LogP contribution in [-0.2, 0) is 11.2 Å². The molecule has 5 nitrogen and oxygen atoms in total. The van der Waals surface area contributed by atoms with Gasteiger partial charge in [0.2, 0.25) is 5.91 Å². The highest BCUT2D eigenvalue weighted by Crippen LogP contribution is 2.28. The molecule has 0 spiro atoms. The quantitative estimate of drug-likeness (QED) is 0.843. The number of alkyl halides is 3. The van der Waals surface area contributed by atoms with E-state index >= 15 is 0 Å². The van der Waals surface area contributed by atoms with Gasteiger partial charge in [-0.15, -0.1) is 0 Å². The van der Waals surface area contributed by atoms with Crippen molar-refractivity contribution in [3.05, 3.63) is 29.3 Å². The van der Waals surface area contributed by atoms with E-state index in [1.807, 2.05) is 5.32 Å². The summed E-state index contributed by atoms with van der Waals surface area (Å²) in [5.41, 5.74) is 5.77. The molecule has 1 aromatic carbocycles. The number of primary amides is 1. The molecule has 0 fully saturated rings. The van der Waals surface area contributed by atoms with Gasteiger partial charge in [0, 0.05) is 17.5 Å². The number of rotatable bonds is 2. The molecular formula is C12H11F3N2O3. The first-order chi connectivity index (χ1) is 9.29. The number of fused-ring (bicyclic) bond motifs is 1. The Balaban J connectivity index is 2.18. The van der Waals surface area contributed by atoms with E-state index in [2.05, 4.69) is 0 Å². The topological polar surface area (TPSA) is 81.4 Å². The van der Waals surface area contributed by atoms with E-state index in [0.717, 1.165) is 0 Å². The Morgan fingerprint density at radius 2 is 2.05 bits per heavy atom. The van der Waals surface area contributed by atoms with Gasteiger partial charge in [-0.1, -0.05) is 6.07 Å². The second-order valence-electron chi connectivity index (χ2n) is 4.33. The van der Waals surface area contributed by atoms with Crippen LogP contribution in [0.3, 0.4) is 0 Å². The number of halogens is 3. The summed E-state index contributed by atoms with van der Waals surface area (Å²) in [7, 11) is 0. The first kappa shape index (κ1) is 14.2. The van der Waals surface area contributed by atoms with E-state index in [9.17, 15) is 22.8 Å². The van der Waals surface area contributed by atoms with Gasteiger partial charge in [0.15, 0.2) is 0 Å². The predicted molar refractivity (Wildman–Crippen MR) is 62.1 cm³/mol. The zero-order chi connectivity index (χ0) is 14.9. The lowest BCUT2D eigenvalue weighted by Gasteiger charge is -2.27. The lowest BCUT2D eigenvalue weighted by Crippen LogP contribution is -2.48. The zero-order valence-corrected chi connectivity index (χ0v) is 10.2. The van der Waals surface area contributed by atoms with Gasteiger partial charge in [-0.05, 0) is 12.1 Å². The largest absolute Gasteiger partial charge is 0.491 e. The number of amides is 2. The van der Waals surface area contributed by atoms with Gasteiger partial charge in [-0.3, -0.25) is 9.59 Å². The van der Waals surface area contributed by atoms with E-state index in [-0.39, 0.29) is 18.6 Å². The number of nitrogens with two attached hydrogens (primary N) is 1. The predicted octanol–water partition coefficient (Wildman–Crippen LogP) is 0.767. The molecule has 2 amide bonds. The summed E-state index contributed by atoms with van der Waals surface area (Å²) < 4.78 is 41.8. The molecular weight excluding hydrogens is 277 g/mol. The maximum Gasteiger partial charge on any atom is 0.471 e. The zero-order valence-electron chi connectivity index (χ0n) is 10.2. The highest BCUT2D eigenvalue weighted by atomic mass is 19.4. The normalized spacial score (nSPS) is 17.9. The Morgan fingerprint density at radius 1 is 1.35 bits per heavy atom. The fourth-order valence-corrected chi connectivity index (χ4v) is 2.00.